The Morgan fingerprint density at radius 1 is 1.26 bits per heavy atom. The van der Waals surface area contributed by atoms with E-state index in [1.54, 1.807) is 0 Å². The first kappa shape index (κ1) is 13.3. The van der Waals surface area contributed by atoms with Crippen molar-refractivity contribution in [3.63, 3.8) is 0 Å². The fraction of sp³-hybridized carbons (Fsp3) is 0.385. The number of nitrogens with two attached hydrogens (primary N) is 1. The molecule has 0 radical (unpaired) electrons. The fourth-order valence-corrected chi connectivity index (χ4v) is 1.66. The number of nitrogen functional groups attached to an aromatic ring is 1. The van der Waals surface area contributed by atoms with Gasteiger partial charge in [-0.15, -0.1) is 0 Å². The normalized spacial score (nSPS) is 13.9. The number of hydrogen-bond donors (Lipinski definition) is 3. The highest BCUT2D eigenvalue weighted by molar-refractivity contribution is 5.95. The average Bonchev–Trinajstić information content (AvgIpc) is 3.21. The Morgan fingerprint density at radius 3 is 2.63 bits per heavy atom. The predicted molar refractivity (Wildman–Crippen MR) is 68.9 cm³/mol. The van der Waals surface area contributed by atoms with Gasteiger partial charge in [0.15, 0.2) is 0 Å². The molecule has 2 amide bonds. The summed E-state index contributed by atoms with van der Waals surface area (Å²) in [6, 6.07) is 3.83. The molecule has 2 rings (SSSR count). The molecule has 5 nitrogen and oxygen atoms in total. The summed E-state index contributed by atoms with van der Waals surface area (Å²) in [6.45, 7) is 0.594. The summed E-state index contributed by atoms with van der Waals surface area (Å²) >= 11 is 0. The number of carbonyl (C=O) groups excluding carboxylic acids is 2. The summed E-state index contributed by atoms with van der Waals surface area (Å²) < 4.78 is 13.4. The molecule has 0 heterocycles. The maximum Gasteiger partial charge on any atom is 0.254 e. The van der Waals surface area contributed by atoms with Crippen LogP contribution in [0.4, 0.5) is 10.1 Å². The summed E-state index contributed by atoms with van der Waals surface area (Å²) in [5, 5.41) is 5.24. The smallest absolute Gasteiger partial charge is 0.254 e. The molecule has 0 atom stereocenters. The molecule has 19 heavy (non-hydrogen) atoms. The largest absolute Gasteiger partial charge is 0.399 e. The van der Waals surface area contributed by atoms with E-state index in [9.17, 15) is 14.0 Å². The van der Waals surface area contributed by atoms with E-state index in [0.717, 1.165) is 18.9 Å². The maximum absolute atomic E-state index is 13.4. The first-order valence-electron chi connectivity index (χ1n) is 6.19. The second-order valence-corrected chi connectivity index (χ2v) is 4.56. The number of carbonyl (C=O) groups is 2. The summed E-state index contributed by atoms with van der Waals surface area (Å²) in [5.74, 6) is -0.995. The van der Waals surface area contributed by atoms with Crippen LogP contribution in [0, 0.1) is 11.7 Å². The van der Waals surface area contributed by atoms with Crippen LogP contribution in [0.25, 0.3) is 0 Å². The van der Waals surface area contributed by atoms with Gasteiger partial charge in [0.2, 0.25) is 5.91 Å². The van der Waals surface area contributed by atoms with Gasteiger partial charge in [-0.3, -0.25) is 9.59 Å². The topological polar surface area (TPSA) is 84.2 Å². The van der Waals surface area contributed by atoms with Crippen LogP contribution in [0.1, 0.15) is 23.2 Å². The van der Waals surface area contributed by atoms with Gasteiger partial charge in [-0.05, 0) is 31.0 Å². The zero-order valence-corrected chi connectivity index (χ0v) is 10.4. The Bertz CT molecular complexity index is 501. The Labute approximate surface area is 110 Å². The van der Waals surface area contributed by atoms with Gasteiger partial charge in [0.1, 0.15) is 5.82 Å². The molecule has 0 aromatic heterocycles. The van der Waals surface area contributed by atoms with Crippen molar-refractivity contribution in [2.45, 2.75) is 12.8 Å². The van der Waals surface area contributed by atoms with E-state index in [1.807, 2.05) is 0 Å². The molecule has 1 aromatic rings. The summed E-state index contributed by atoms with van der Waals surface area (Å²) in [6.07, 6.45) is 1.87. The van der Waals surface area contributed by atoms with Crippen LogP contribution in [0.5, 0.6) is 0 Å². The first-order chi connectivity index (χ1) is 9.08. The van der Waals surface area contributed by atoms with E-state index in [-0.39, 0.29) is 23.9 Å². The van der Waals surface area contributed by atoms with Gasteiger partial charge in [-0.2, -0.15) is 0 Å². The standard InChI is InChI=1S/C13H16FN3O2/c14-11-4-3-9(15)7-10(11)13(19)17-6-5-16-12(18)8-1-2-8/h3-4,7-8H,1-2,5-6,15H2,(H,16,18)(H,17,19). The fourth-order valence-electron chi connectivity index (χ4n) is 1.66. The molecule has 1 aliphatic rings. The molecule has 1 fully saturated rings. The van der Waals surface area contributed by atoms with Crippen LogP contribution in [0.15, 0.2) is 18.2 Å². The number of hydrogen-bond acceptors (Lipinski definition) is 3. The molecule has 0 aliphatic heterocycles. The van der Waals surface area contributed by atoms with E-state index in [0.29, 0.717) is 12.2 Å². The molecule has 1 aliphatic carbocycles. The number of amides is 2. The zero-order chi connectivity index (χ0) is 13.8. The van der Waals surface area contributed by atoms with Crippen molar-refractivity contribution in [2.75, 3.05) is 18.8 Å². The van der Waals surface area contributed by atoms with E-state index in [4.69, 9.17) is 5.73 Å². The molecule has 0 spiro atoms. The van der Waals surface area contributed by atoms with Crippen molar-refractivity contribution in [3.05, 3.63) is 29.6 Å². The monoisotopic (exact) mass is 265 g/mol. The Morgan fingerprint density at radius 2 is 1.95 bits per heavy atom. The molecule has 1 aromatic carbocycles. The minimum atomic E-state index is -0.617. The number of anilines is 1. The molecule has 0 bridgehead atoms. The zero-order valence-electron chi connectivity index (χ0n) is 10.4. The van der Waals surface area contributed by atoms with E-state index in [1.165, 1.54) is 12.1 Å². The lowest BCUT2D eigenvalue weighted by Crippen LogP contribution is -2.35. The van der Waals surface area contributed by atoms with Crippen molar-refractivity contribution in [2.24, 2.45) is 5.92 Å². The third-order valence-electron chi connectivity index (χ3n) is 2.89. The van der Waals surface area contributed by atoms with Gasteiger partial charge in [0.25, 0.3) is 5.91 Å². The number of halogens is 1. The van der Waals surface area contributed by atoms with Crippen LogP contribution in [0.2, 0.25) is 0 Å². The summed E-state index contributed by atoms with van der Waals surface area (Å²) in [4.78, 5) is 23.0. The Balaban J connectivity index is 1.77. The minimum Gasteiger partial charge on any atom is -0.399 e. The van der Waals surface area contributed by atoms with Gasteiger partial charge in [-0.1, -0.05) is 0 Å². The molecule has 0 saturated heterocycles. The Hall–Kier alpha value is -2.11. The Kier molecular flexibility index (Phi) is 3.99. The van der Waals surface area contributed by atoms with Gasteiger partial charge in [0.05, 0.1) is 5.56 Å². The van der Waals surface area contributed by atoms with E-state index < -0.39 is 11.7 Å². The van der Waals surface area contributed by atoms with Crippen LogP contribution in [0.3, 0.4) is 0 Å². The van der Waals surface area contributed by atoms with Crippen molar-refractivity contribution >= 4 is 17.5 Å². The lowest BCUT2D eigenvalue weighted by Gasteiger charge is -2.08. The molecule has 1 saturated carbocycles. The number of rotatable bonds is 5. The minimum absolute atomic E-state index is 0.0179. The lowest BCUT2D eigenvalue weighted by molar-refractivity contribution is -0.122. The predicted octanol–water partition coefficient (Wildman–Crippen LogP) is 0.664. The highest BCUT2D eigenvalue weighted by Crippen LogP contribution is 2.28. The summed E-state index contributed by atoms with van der Waals surface area (Å²) in [5.41, 5.74) is 5.73. The van der Waals surface area contributed by atoms with Crippen molar-refractivity contribution in [3.8, 4) is 0 Å². The molecular formula is C13H16FN3O2. The first-order valence-corrected chi connectivity index (χ1v) is 6.19. The van der Waals surface area contributed by atoms with Gasteiger partial charge in [-0.25, -0.2) is 4.39 Å². The van der Waals surface area contributed by atoms with E-state index >= 15 is 0 Å². The van der Waals surface area contributed by atoms with Crippen LogP contribution < -0.4 is 16.4 Å². The molecule has 0 unspecified atom stereocenters. The maximum atomic E-state index is 13.4. The quantitative estimate of drug-likeness (QED) is 0.540. The van der Waals surface area contributed by atoms with Crippen LogP contribution in [-0.2, 0) is 4.79 Å². The van der Waals surface area contributed by atoms with Crippen LogP contribution >= 0.6 is 0 Å². The van der Waals surface area contributed by atoms with E-state index in [2.05, 4.69) is 10.6 Å². The highest BCUT2D eigenvalue weighted by atomic mass is 19.1. The highest BCUT2D eigenvalue weighted by Gasteiger charge is 2.29. The van der Waals surface area contributed by atoms with Crippen molar-refractivity contribution in [1.29, 1.82) is 0 Å². The van der Waals surface area contributed by atoms with Gasteiger partial charge >= 0.3 is 0 Å². The second kappa shape index (κ2) is 5.69. The second-order valence-electron chi connectivity index (χ2n) is 4.56. The third kappa shape index (κ3) is 3.67. The SMILES string of the molecule is Nc1ccc(F)c(C(=O)NCCNC(=O)C2CC2)c1. The lowest BCUT2D eigenvalue weighted by atomic mass is 10.2. The van der Waals surface area contributed by atoms with Crippen molar-refractivity contribution < 1.29 is 14.0 Å². The number of benzene rings is 1. The third-order valence-corrected chi connectivity index (χ3v) is 2.89. The number of nitrogens with one attached hydrogen (secondary N) is 2. The molecular weight excluding hydrogens is 249 g/mol. The van der Waals surface area contributed by atoms with Gasteiger partial charge in [0, 0.05) is 24.7 Å². The molecule has 6 heteroatoms. The summed E-state index contributed by atoms with van der Waals surface area (Å²) in [7, 11) is 0. The molecule has 102 valence electrons. The average molecular weight is 265 g/mol. The molecule has 4 N–H and O–H groups in total. The van der Waals surface area contributed by atoms with Crippen LogP contribution in [-0.4, -0.2) is 24.9 Å². The van der Waals surface area contributed by atoms with Crippen molar-refractivity contribution in [1.82, 2.24) is 10.6 Å². The van der Waals surface area contributed by atoms with Gasteiger partial charge < -0.3 is 16.4 Å².